The maximum atomic E-state index is 2.49. The van der Waals surface area contributed by atoms with Crippen molar-refractivity contribution in [1.82, 2.24) is 0 Å². The summed E-state index contributed by atoms with van der Waals surface area (Å²) in [6.45, 7) is 9.43. The van der Waals surface area contributed by atoms with Crippen LogP contribution in [0.3, 0.4) is 0 Å². The van der Waals surface area contributed by atoms with Crippen LogP contribution < -0.4 is 0 Å². The minimum absolute atomic E-state index is 0.0341. The Kier molecular flexibility index (Phi) is 3.50. The second kappa shape index (κ2) is 4.72. The van der Waals surface area contributed by atoms with Gasteiger partial charge in [0.1, 0.15) is 0 Å². The zero-order valence-corrected chi connectivity index (χ0v) is 13.7. The molecule has 0 bridgehead atoms. The topological polar surface area (TPSA) is 0 Å². The van der Waals surface area contributed by atoms with E-state index in [1.54, 1.807) is 16.0 Å². The molecule has 0 saturated carbocycles. The second-order valence-electron chi connectivity index (χ2n) is 5.79. The third-order valence-electron chi connectivity index (χ3n) is 3.06. The van der Waals surface area contributed by atoms with Crippen molar-refractivity contribution in [1.29, 1.82) is 0 Å². The number of rotatable bonds is 4. The van der Waals surface area contributed by atoms with Gasteiger partial charge in [-0.2, -0.15) is 0 Å². The molecule has 86 valence electrons. The summed E-state index contributed by atoms with van der Waals surface area (Å²) in [4.78, 5) is 0. The van der Waals surface area contributed by atoms with E-state index in [-0.39, 0.29) is 19.0 Å². The molecule has 0 nitrogen and oxygen atoms in total. The normalized spacial score (nSPS) is 20.1. The van der Waals surface area contributed by atoms with Gasteiger partial charge >= 0.3 is 0 Å². The summed E-state index contributed by atoms with van der Waals surface area (Å²) >= 11 is 0. The Balaban J connectivity index is 2.18. The predicted octanol–water partition coefficient (Wildman–Crippen LogP) is 2.63. The Morgan fingerprint density at radius 3 is 2.19 bits per heavy atom. The van der Waals surface area contributed by atoms with Crippen LogP contribution >= 0.6 is 0 Å². The lowest BCUT2D eigenvalue weighted by Gasteiger charge is -2.05. The molecule has 0 saturated heterocycles. The molecule has 0 aliphatic heterocycles. The molecule has 16 heavy (non-hydrogen) atoms. The van der Waals surface area contributed by atoms with Gasteiger partial charge in [0.15, 0.2) is 0 Å². The lowest BCUT2D eigenvalue weighted by Crippen LogP contribution is -2.00. The Labute approximate surface area is 104 Å². The van der Waals surface area contributed by atoms with Crippen molar-refractivity contribution in [2.45, 2.75) is 38.8 Å². The smallest absolute Gasteiger partial charge is 0.0581 e. The van der Waals surface area contributed by atoms with Crippen LogP contribution in [-0.2, 0) is 0 Å². The fourth-order valence-electron chi connectivity index (χ4n) is 2.49. The predicted molar refractivity (Wildman–Crippen MR) is 79.6 cm³/mol. The molecular weight excluding hydrogens is 224 g/mol. The maximum Gasteiger partial charge on any atom is 0.0581 e. The Hall–Kier alpha value is -0.606. The SMILES string of the molecule is CC(C)[SiH2]C1=CC2=C([SiH2]C(C)C)C=CC2=C1. The van der Waals surface area contributed by atoms with E-state index in [0.717, 1.165) is 11.1 Å². The second-order valence-corrected chi connectivity index (χ2v) is 11.4. The van der Waals surface area contributed by atoms with Crippen LogP contribution in [0.25, 0.3) is 0 Å². The quantitative estimate of drug-likeness (QED) is 0.669. The molecule has 2 heteroatoms. The highest BCUT2D eigenvalue weighted by molar-refractivity contribution is 6.50. The van der Waals surface area contributed by atoms with Gasteiger partial charge in [-0.1, -0.05) is 73.5 Å². The monoisotopic (exact) mass is 246 g/mol. The molecule has 2 aliphatic carbocycles. The van der Waals surface area contributed by atoms with Crippen molar-refractivity contribution in [3.63, 3.8) is 0 Å². The molecule has 0 fully saturated rings. The largest absolute Gasteiger partial charge is 0.0655 e. The summed E-state index contributed by atoms with van der Waals surface area (Å²) in [5, 5.41) is 3.36. The summed E-state index contributed by atoms with van der Waals surface area (Å²) in [7, 11) is -0.0887. The first-order valence-corrected chi connectivity index (χ1v) is 9.45. The first-order valence-electron chi connectivity index (χ1n) is 6.40. The summed E-state index contributed by atoms with van der Waals surface area (Å²) in [5.74, 6) is 0. The molecule has 0 atom stereocenters. The molecular formula is C14H22Si2. The van der Waals surface area contributed by atoms with Crippen LogP contribution in [-0.4, -0.2) is 19.0 Å². The van der Waals surface area contributed by atoms with Gasteiger partial charge in [0.2, 0.25) is 0 Å². The first-order chi connectivity index (χ1) is 7.56. The van der Waals surface area contributed by atoms with Gasteiger partial charge in [-0.25, -0.2) is 0 Å². The van der Waals surface area contributed by atoms with Crippen molar-refractivity contribution in [2.24, 2.45) is 0 Å². The van der Waals surface area contributed by atoms with E-state index >= 15 is 0 Å². The van der Waals surface area contributed by atoms with E-state index in [1.807, 2.05) is 0 Å². The summed E-state index contributed by atoms with van der Waals surface area (Å²) in [6, 6.07) is 0. The van der Waals surface area contributed by atoms with Gasteiger partial charge in [0.25, 0.3) is 0 Å². The van der Waals surface area contributed by atoms with E-state index in [4.69, 9.17) is 0 Å². The number of allylic oxidation sites excluding steroid dienone is 8. The van der Waals surface area contributed by atoms with Gasteiger partial charge in [0, 0.05) is 0 Å². The first kappa shape index (κ1) is 11.9. The Bertz CT molecular complexity index is 406. The summed E-state index contributed by atoms with van der Waals surface area (Å²) < 4.78 is 0. The zero-order chi connectivity index (χ0) is 11.7. The fraction of sp³-hybridized carbons (Fsp3) is 0.429. The van der Waals surface area contributed by atoms with Crippen LogP contribution in [0.2, 0.25) is 11.1 Å². The van der Waals surface area contributed by atoms with Crippen LogP contribution in [0, 0.1) is 0 Å². The Morgan fingerprint density at radius 2 is 1.56 bits per heavy atom. The van der Waals surface area contributed by atoms with E-state index < -0.39 is 0 Å². The van der Waals surface area contributed by atoms with Crippen molar-refractivity contribution >= 4 is 19.0 Å². The van der Waals surface area contributed by atoms with Crippen molar-refractivity contribution in [3.05, 3.63) is 45.8 Å². The molecule has 0 aromatic rings. The van der Waals surface area contributed by atoms with Crippen molar-refractivity contribution in [2.75, 3.05) is 0 Å². The molecule has 0 radical (unpaired) electrons. The highest BCUT2D eigenvalue weighted by atomic mass is 28.2. The van der Waals surface area contributed by atoms with E-state index in [9.17, 15) is 0 Å². The number of fused-ring (bicyclic) bond motifs is 1. The van der Waals surface area contributed by atoms with Gasteiger partial charge in [-0.05, 0) is 11.1 Å². The van der Waals surface area contributed by atoms with Crippen molar-refractivity contribution in [3.8, 4) is 0 Å². The third-order valence-corrected chi connectivity index (χ3v) is 6.63. The summed E-state index contributed by atoms with van der Waals surface area (Å²) in [5.41, 5.74) is 4.89. The molecule has 2 aliphatic rings. The Morgan fingerprint density at radius 1 is 0.875 bits per heavy atom. The number of hydrogen-bond donors (Lipinski definition) is 0. The molecule has 2 rings (SSSR count). The van der Waals surface area contributed by atoms with E-state index in [0.29, 0.717) is 0 Å². The zero-order valence-electron chi connectivity index (χ0n) is 10.9. The maximum absolute atomic E-state index is 2.49. The van der Waals surface area contributed by atoms with Gasteiger partial charge < -0.3 is 0 Å². The third kappa shape index (κ3) is 2.55. The summed E-state index contributed by atoms with van der Waals surface area (Å²) in [6.07, 6.45) is 9.64. The van der Waals surface area contributed by atoms with Gasteiger partial charge in [-0.3, -0.25) is 0 Å². The molecule has 0 N–H and O–H groups in total. The standard InChI is InChI=1S/C14H22Si2/c1-9(2)15-12-7-11-5-6-14(13(11)8-12)16-10(3)4/h5-10H,15-16H2,1-4H3. The molecule has 0 heterocycles. The van der Waals surface area contributed by atoms with Crippen LogP contribution in [0.5, 0.6) is 0 Å². The van der Waals surface area contributed by atoms with E-state index in [1.165, 1.54) is 5.57 Å². The number of hydrogen-bond acceptors (Lipinski definition) is 0. The van der Waals surface area contributed by atoms with Crippen LogP contribution in [0.1, 0.15) is 27.7 Å². The average molecular weight is 247 g/mol. The highest BCUT2D eigenvalue weighted by Gasteiger charge is 2.19. The van der Waals surface area contributed by atoms with Gasteiger partial charge in [-0.15, -0.1) is 0 Å². The molecule has 0 spiro atoms. The van der Waals surface area contributed by atoms with Crippen molar-refractivity contribution < 1.29 is 0 Å². The molecule has 0 aromatic carbocycles. The lowest BCUT2D eigenvalue weighted by molar-refractivity contribution is 1.06. The average Bonchev–Trinajstić information content (AvgIpc) is 2.66. The highest BCUT2D eigenvalue weighted by Crippen LogP contribution is 2.33. The molecule has 0 unspecified atom stereocenters. The molecule has 0 aromatic heterocycles. The van der Waals surface area contributed by atoms with Gasteiger partial charge in [0.05, 0.1) is 19.0 Å². The van der Waals surface area contributed by atoms with Crippen LogP contribution in [0.15, 0.2) is 45.8 Å². The fourth-order valence-corrected chi connectivity index (χ4v) is 5.75. The lowest BCUT2D eigenvalue weighted by atomic mass is 10.2. The van der Waals surface area contributed by atoms with E-state index in [2.05, 4.69) is 52.0 Å². The minimum atomic E-state index is -0.0545. The van der Waals surface area contributed by atoms with Crippen LogP contribution in [0.4, 0.5) is 0 Å². The minimum Gasteiger partial charge on any atom is -0.0655 e. The molecule has 0 amide bonds.